The van der Waals surface area contributed by atoms with Gasteiger partial charge in [0.25, 0.3) is 0 Å². The Labute approximate surface area is 92.1 Å². The van der Waals surface area contributed by atoms with Crippen molar-refractivity contribution in [3.05, 3.63) is 18.2 Å². The number of nitrogens with zero attached hydrogens (tertiary/aromatic N) is 3. The second kappa shape index (κ2) is 3.34. The molecular formula is C10H13N5O. The Kier molecular flexibility index (Phi) is 1.97. The van der Waals surface area contributed by atoms with Gasteiger partial charge in [-0.2, -0.15) is 4.98 Å². The minimum Gasteiger partial charge on any atom is -0.492 e. The number of aromatic hydroxyl groups is 1. The highest BCUT2D eigenvalue weighted by molar-refractivity contribution is 5.72. The highest BCUT2D eigenvalue weighted by atomic mass is 16.3. The van der Waals surface area contributed by atoms with Gasteiger partial charge in [-0.15, -0.1) is 0 Å². The second-order valence-corrected chi connectivity index (χ2v) is 3.97. The van der Waals surface area contributed by atoms with E-state index in [9.17, 15) is 5.11 Å². The molecule has 6 heteroatoms. The van der Waals surface area contributed by atoms with E-state index in [1.165, 1.54) is 0 Å². The molecule has 1 aliphatic rings. The highest BCUT2D eigenvalue weighted by Crippen LogP contribution is 2.29. The van der Waals surface area contributed by atoms with Crippen LogP contribution in [0.2, 0.25) is 0 Å². The van der Waals surface area contributed by atoms with Crippen molar-refractivity contribution in [1.29, 1.82) is 0 Å². The molecule has 1 fully saturated rings. The molecule has 0 aromatic carbocycles. The molecular weight excluding hydrogens is 206 g/mol. The average molecular weight is 219 g/mol. The van der Waals surface area contributed by atoms with Crippen molar-refractivity contribution in [2.45, 2.75) is 18.9 Å². The molecule has 0 bridgehead atoms. The predicted molar refractivity (Wildman–Crippen MR) is 59.0 cm³/mol. The lowest BCUT2D eigenvalue weighted by Gasteiger charge is -2.08. The number of rotatable bonds is 1. The number of hydrogen-bond acceptors (Lipinski definition) is 5. The minimum absolute atomic E-state index is 0.0469. The van der Waals surface area contributed by atoms with Gasteiger partial charge in [-0.25, -0.2) is 4.98 Å². The average Bonchev–Trinajstić information content (AvgIpc) is 2.86. The van der Waals surface area contributed by atoms with Crippen LogP contribution in [0.25, 0.3) is 5.52 Å². The van der Waals surface area contributed by atoms with Gasteiger partial charge in [0.15, 0.2) is 11.3 Å². The first kappa shape index (κ1) is 9.41. The smallest absolute Gasteiger partial charge is 0.241 e. The molecule has 0 aliphatic carbocycles. The number of nitrogens with one attached hydrogen (secondary N) is 1. The molecule has 0 saturated carbocycles. The molecule has 6 nitrogen and oxygen atoms in total. The lowest BCUT2D eigenvalue weighted by atomic mass is 10.2. The zero-order valence-electron chi connectivity index (χ0n) is 8.72. The summed E-state index contributed by atoms with van der Waals surface area (Å²) in [6, 6.07) is 0.190. The Morgan fingerprint density at radius 2 is 2.44 bits per heavy atom. The van der Waals surface area contributed by atoms with Crippen LogP contribution in [0.3, 0.4) is 0 Å². The normalized spacial score (nSPS) is 20.6. The monoisotopic (exact) mass is 219 g/mol. The van der Waals surface area contributed by atoms with Crippen molar-refractivity contribution in [1.82, 2.24) is 19.7 Å². The Morgan fingerprint density at radius 3 is 3.19 bits per heavy atom. The van der Waals surface area contributed by atoms with Crippen LogP contribution in [-0.2, 0) is 0 Å². The molecule has 3 rings (SSSR count). The number of nitrogen functional groups attached to an aromatic ring is 1. The molecule has 0 spiro atoms. The van der Waals surface area contributed by atoms with Gasteiger partial charge in [-0.05, 0) is 19.4 Å². The van der Waals surface area contributed by atoms with Crippen LogP contribution in [0.5, 0.6) is 5.88 Å². The first-order valence-corrected chi connectivity index (χ1v) is 5.32. The zero-order chi connectivity index (χ0) is 11.1. The number of imidazole rings is 1. The number of aromatic nitrogens is 3. The third-order valence-corrected chi connectivity index (χ3v) is 2.96. The molecule has 3 heterocycles. The van der Waals surface area contributed by atoms with E-state index in [1.807, 2.05) is 0 Å². The summed E-state index contributed by atoms with van der Waals surface area (Å²) in [5.74, 6) is 1.06. The maximum atomic E-state index is 9.75. The van der Waals surface area contributed by atoms with Crippen LogP contribution < -0.4 is 11.1 Å². The molecule has 4 N–H and O–H groups in total. The minimum atomic E-state index is -0.0469. The zero-order valence-corrected chi connectivity index (χ0v) is 8.72. The van der Waals surface area contributed by atoms with E-state index < -0.39 is 0 Å². The van der Waals surface area contributed by atoms with Crippen LogP contribution in [0.15, 0.2) is 12.4 Å². The van der Waals surface area contributed by atoms with Gasteiger partial charge >= 0.3 is 0 Å². The SMILES string of the molecule is Nc1nccn2c([C@@H]3CCCN3)nc(O)c12. The molecule has 16 heavy (non-hydrogen) atoms. The van der Waals surface area contributed by atoms with E-state index in [4.69, 9.17) is 5.73 Å². The topological polar surface area (TPSA) is 88.5 Å². The first-order valence-electron chi connectivity index (χ1n) is 5.32. The Bertz CT molecular complexity index is 529. The fourth-order valence-electron chi connectivity index (χ4n) is 2.22. The maximum Gasteiger partial charge on any atom is 0.241 e. The van der Waals surface area contributed by atoms with Gasteiger partial charge in [0, 0.05) is 12.4 Å². The first-order chi connectivity index (χ1) is 7.77. The van der Waals surface area contributed by atoms with Gasteiger partial charge in [0.05, 0.1) is 6.04 Å². The van der Waals surface area contributed by atoms with E-state index in [1.54, 1.807) is 16.8 Å². The highest BCUT2D eigenvalue weighted by Gasteiger charge is 2.23. The van der Waals surface area contributed by atoms with E-state index in [-0.39, 0.29) is 11.9 Å². The van der Waals surface area contributed by atoms with Gasteiger partial charge in [-0.3, -0.25) is 4.40 Å². The summed E-state index contributed by atoms with van der Waals surface area (Å²) in [6.45, 7) is 0.987. The number of nitrogens with two attached hydrogens (primary N) is 1. The summed E-state index contributed by atoms with van der Waals surface area (Å²) in [4.78, 5) is 8.11. The third kappa shape index (κ3) is 1.23. The predicted octanol–water partition coefficient (Wildman–Crippen LogP) is 0.442. The molecule has 0 radical (unpaired) electrons. The largest absolute Gasteiger partial charge is 0.492 e. The Balaban J connectivity index is 2.22. The molecule has 2 aromatic rings. The van der Waals surface area contributed by atoms with E-state index in [0.717, 1.165) is 25.2 Å². The van der Waals surface area contributed by atoms with Crippen LogP contribution >= 0.6 is 0 Å². The lowest BCUT2D eigenvalue weighted by Crippen LogP contribution is -2.15. The summed E-state index contributed by atoms with van der Waals surface area (Å²) in [6.07, 6.45) is 5.54. The van der Waals surface area contributed by atoms with E-state index in [0.29, 0.717) is 11.3 Å². The van der Waals surface area contributed by atoms with Crippen molar-refractivity contribution in [3.63, 3.8) is 0 Å². The Hall–Kier alpha value is -1.82. The molecule has 0 unspecified atom stereocenters. The lowest BCUT2D eigenvalue weighted by molar-refractivity contribution is 0.458. The van der Waals surface area contributed by atoms with Gasteiger partial charge in [-0.1, -0.05) is 0 Å². The van der Waals surface area contributed by atoms with E-state index in [2.05, 4.69) is 15.3 Å². The fourth-order valence-corrected chi connectivity index (χ4v) is 2.22. The van der Waals surface area contributed by atoms with Crippen molar-refractivity contribution in [2.75, 3.05) is 12.3 Å². The van der Waals surface area contributed by atoms with Crippen LogP contribution in [-0.4, -0.2) is 26.0 Å². The molecule has 1 atom stereocenters. The Morgan fingerprint density at radius 1 is 1.56 bits per heavy atom. The summed E-state index contributed by atoms with van der Waals surface area (Å²) in [7, 11) is 0. The summed E-state index contributed by atoms with van der Waals surface area (Å²) >= 11 is 0. The number of anilines is 1. The van der Waals surface area contributed by atoms with Crippen molar-refractivity contribution in [2.24, 2.45) is 0 Å². The summed E-state index contributed by atoms with van der Waals surface area (Å²) in [5, 5.41) is 13.1. The molecule has 1 saturated heterocycles. The molecule has 1 aliphatic heterocycles. The van der Waals surface area contributed by atoms with Crippen molar-refractivity contribution in [3.8, 4) is 5.88 Å². The number of hydrogen-bond donors (Lipinski definition) is 3. The van der Waals surface area contributed by atoms with Gasteiger partial charge in [0.1, 0.15) is 5.82 Å². The third-order valence-electron chi connectivity index (χ3n) is 2.96. The van der Waals surface area contributed by atoms with Crippen molar-refractivity contribution >= 4 is 11.3 Å². The van der Waals surface area contributed by atoms with Crippen molar-refractivity contribution < 1.29 is 5.11 Å². The fraction of sp³-hybridized carbons (Fsp3) is 0.400. The van der Waals surface area contributed by atoms with Crippen LogP contribution in [0.4, 0.5) is 5.82 Å². The molecule has 0 amide bonds. The summed E-state index contributed by atoms with van der Waals surface area (Å²) < 4.78 is 1.81. The number of fused-ring (bicyclic) bond motifs is 1. The molecule has 2 aromatic heterocycles. The quantitative estimate of drug-likeness (QED) is 0.647. The van der Waals surface area contributed by atoms with E-state index >= 15 is 0 Å². The maximum absolute atomic E-state index is 9.75. The second-order valence-electron chi connectivity index (χ2n) is 3.97. The van der Waals surface area contributed by atoms with Crippen LogP contribution in [0, 0.1) is 0 Å². The summed E-state index contributed by atoms with van der Waals surface area (Å²) in [5.41, 5.74) is 6.21. The molecule has 84 valence electrons. The van der Waals surface area contributed by atoms with Gasteiger partial charge in [0.2, 0.25) is 5.88 Å². The standard InChI is InChI=1S/C10H13N5O/c11-8-7-10(16)14-9(6-2-1-3-12-6)15(7)5-4-13-8/h4-6,12,16H,1-3H2,(H2,11,13)/t6-/m0/s1. The van der Waals surface area contributed by atoms with Crippen LogP contribution in [0.1, 0.15) is 24.7 Å². The van der Waals surface area contributed by atoms with Gasteiger partial charge < -0.3 is 16.2 Å².